The maximum absolute atomic E-state index is 13.3. The molecule has 2 amide bonds. The molecular formula is C19H27N3O2. The number of carbonyl (C=O) groups is 2. The topological polar surface area (TPSA) is 52.7 Å². The van der Waals surface area contributed by atoms with Gasteiger partial charge in [-0.2, -0.15) is 0 Å². The minimum Gasteiger partial charge on any atom is -0.355 e. The van der Waals surface area contributed by atoms with Gasteiger partial charge in [0, 0.05) is 39.1 Å². The van der Waals surface area contributed by atoms with Crippen LogP contribution >= 0.6 is 0 Å². The van der Waals surface area contributed by atoms with Crippen molar-refractivity contribution in [3.05, 3.63) is 35.9 Å². The van der Waals surface area contributed by atoms with E-state index in [-0.39, 0.29) is 11.8 Å². The highest BCUT2D eigenvalue weighted by atomic mass is 16.2. The number of hydrogen-bond donors (Lipinski definition) is 1. The number of hydrogen-bond acceptors (Lipinski definition) is 3. The van der Waals surface area contributed by atoms with E-state index in [0.29, 0.717) is 32.0 Å². The monoisotopic (exact) mass is 329 g/mol. The predicted molar refractivity (Wildman–Crippen MR) is 93.7 cm³/mol. The lowest BCUT2D eigenvalue weighted by Crippen LogP contribution is -2.56. The van der Waals surface area contributed by atoms with Crippen LogP contribution in [0.1, 0.15) is 31.2 Å². The second kappa shape index (κ2) is 6.93. The van der Waals surface area contributed by atoms with Gasteiger partial charge >= 0.3 is 0 Å². The van der Waals surface area contributed by atoms with E-state index in [1.807, 2.05) is 42.3 Å². The first-order valence-electron chi connectivity index (χ1n) is 8.81. The molecule has 0 spiro atoms. The predicted octanol–water partition coefficient (Wildman–Crippen LogP) is 1.39. The van der Waals surface area contributed by atoms with E-state index < -0.39 is 5.41 Å². The minimum atomic E-state index is -0.637. The highest BCUT2D eigenvalue weighted by Crippen LogP contribution is 2.33. The largest absolute Gasteiger partial charge is 0.355 e. The molecule has 1 unspecified atom stereocenters. The number of nitrogens with one attached hydrogen (secondary N) is 1. The van der Waals surface area contributed by atoms with Gasteiger partial charge in [-0.1, -0.05) is 30.3 Å². The van der Waals surface area contributed by atoms with Gasteiger partial charge in [0.25, 0.3) is 0 Å². The number of rotatable bonds is 6. The Morgan fingerprint density at radius 2 is 1.92 bits per heavy atom. The summed E-state index contributed by atoms with van der Waals surface area (Å²) in [6.45, 7) is 2.00. The van der Waals surface area contributed by atoms with Crippen molar-refractivity contribution >= 4 is 11.8 Å². The van der Waals surface area contributed by atoms with Crippen LogP contribution in [-0.4, -0.2) is 61.4 Å². The summed E-state index contributed by atoms with van der Waals surface area (Å²) >= 11 is 0. The molecule has 2 fully saturated rings. The van der Waals surface area contributed by atoms with Crippen LogP contribution in [-0.2, 0) is 15.0 Å². The lowest BCUT2D eigenvalue weighted by atomic mass is 9.73. The van der Waals surface area contributed by atoms with Crippen LogP contribution in [0.3, 0.4) is 0 Å². The van der Waals surface area contributed by atoms with Gasteiger partial charge in [0.05, 0.1) is 5.41 Å². The molecule has 1 N–H and O–H groups in total. The minimum absolute atomic E-state index is 0.0328. The Bertz CT molecular complexity index is 588. The molecule has 5 heteroatoms. The first-order valence-corrected chi connectivity index (χ1v) is 8.81. The van der Waals surface area contributed by atoms with Crippen LogP contribution in [0.2, 0.25) is 0 Å². The molecule has 1 saturated carbocycles. The van der Waals surface area contributed by atoms with E-state index in [4.69, 9.17) is 0 Å². The second-order valence-electron chi connectivity index (χ2n) is 7.16. The smallest absolute Gasteiger partial charge is 0.234 e. The van der Waals surface area contributed by atoms with Crippen LogP contribution < -0.4 is 5.32 Å². The maximum Gasteiger partial charge on any atom is 0.234 e. The molecule has 1 saturated heterocycles. The molecule has 1 aliphatic heterocycles. The van der Waals surface area contributed by atoms with E-state index in [9.17, 15) is 9.59 Å². The maximum atomic E-state index is 13.3. The highest BCUT2D eigenvalue weighted by molar-refractivity contribution is 5.91. The summed E-state index contributed by atoms with van der Waals surface area (Å²) < 4.78 is 0. The Kier molecular flexibility index (Phi) is 4.90. The summed E-state index contributed by atoms with van der Waals surface area (Å²) in [5, 5.41) is 2.90. The molecule has 0 radical (unpaired) electrons. The normalized spacial score (nSPS) is 23.9. The van der Waals surface area contributed by atoms with E-state index in [2.05, 4.69) is 17.3 Å². The summed E-state index contributed by atoms with van der Waals surface area (Å²) in [5.41, 5.74) is 0.361. The van der Waals surface area contributed by atoms with Crippen molar-refractivity contribution in [2.24, 2.45) is 0 Å². The average molecular weight is 329 g/mol. The average Bonchev–Trinajstić information content (AvgIpc) is 3.45. The van der Waals surface area contributed by atoms with Gasteiger partial charge in [0.1, 0.15) is 0 Å². The molecule has 2 aliphatic rings. The molecule has 3 rings (SSSR count). The van der Waals surface area contributed by atoms with E-state index in [1.54, 1.807) is 0 Å². The molecule has 0 bridgehead atoms. The van der Waals surface area contributed by atoms with E-state index >= 15 is 0 Å². The first kappa shape index (κ1) is 17.0. The number of piperidine rings is 1. The fraction of sp³-hybridized carbons (Fsp3) is 0.579. The third kappa shape index (κ3) is 3.46. The molecule has 5 nitrogen and oxygen atoms in total. The molecule has 1 atom stereocenters. The Morgan fingerprint density at radius 3 is 2.50 bits per heavy atom. The standard InChI is InChI=1S/C19H27N3O2/c1-21(16-8-9-16)12-13-22(2)18(24)19(11-10-17(23)20-14-19)15-6-4-3-5-7-15/h3-7,16H,8-14H2,1-2H3,(H,20,23). The molecule has 1 heterocycles. The molecule has 1 aromatic rings. The van der Waals surface area contributed by atoms with Gasteiger partial charge in [-0.05, 0) is 31.9 Å². The lowest BCUT2D eigenvalue weighted by Gasteiger charge is -2.39. The van der Waals surface area contributed by atoms with Gasteiger partial charge in [-0.3, -0.25) is 9.59 Å². The van der Waals surface area contributed by atoms with Crippen molar-refractivity contribution in [3.63, 3.8) is 0 Å². The zero-order chi connectivity index (χ0) is 17.2. The first-order chi connectivity index (χ1) is 11.5. The fourth-order valence-corrected chi connectivity index (χ4v) is 3.54. The fourth-order valence-electron chi connectivity index (χ4n) is 3.54. The summed E-state index contributed by atoms with van der Waals surface area (Å²) in [4.78, 5) is 29.1. The summed E-state index contributed by atoms with van der Waals surface area (Å²) in [6, 6.07) is 10.6. The van der Waals surface area contributed by atoms with E-state index in [0.717, 1.165) is 12.1 Å². The number of benzene rings is 1. The zero-order valence-corrected chi connectivity index (χ0v) is 14.6. The van der Waals surface area contributed by atoms with Gasteiger partial charge < -0.3 is 15.1 Å². The van der Waals surface area contributed by atoms with Crippen molar-refractivity contribution in [3.8, 4) is 0 Å². The van der Waals surface area contributed by atoms with Gasteiger partial charge in [-0.15, -0.1) is 0 Å². The molecular weight excluding hydrogens is 302 g/mol. The van der Waals surface area contributed by atoms with Crippen LogP contribution in [0.15, 0.2) is 30.3 Å². The summed E-state index contributed by atoms with van der Waals surface area (Å²) in [7, 11) is 4.01. The van der Waals surface area contributed by atoms with Gasteiger partial charge in [0.2, 0.25) is 11.8 Å². The summed E-state index contributed by atoms with van der Waals surface area (Å²) in [5.74, 6) is 0.142. The van der Waals surface area contributed by atoms with Crippen LogP contribution in [0.25, 0.3) is 0 Å². The van der Waals surface area contributed by atoms with Crippen molar-refractivity contribution in [2.45, 2.75) is 37.1 Å². The van der Waals surface area contributed by atoms with Crippen LogP contribution in [0, 0.1) is 0 Å². The molecule has 1 aromatic carbocycles. The Hall–Kier alpha value is -1.88. The Morgan fingerprint density at radius 1 is 1.21 bits per heavy atom. The van der Waals surface area contributed by atoms with Crippen molar-refractivity contribution in [1.29, 1.82) is 0 Å². The number of likely N-dealkylation sites (N-methyl/N-ethyl adjacent to an activating group) is 2. The van der Waals surface area contributed by atoms with Crippen LogP contribution in [0.5, 0.6) is 0 Å². The van der Waals surface area contributed by atoms with Crippen LogP contribution in [0.4, 0.5) is 0 Å². The quantitative estimate of drug-likeness (QED) is 0.858. The molecule has 24 heavy (non-hydrogen) atoms. The third-order valence-corrected chi connectivity index (χ3v) is 5.41. The van der Waals surface area contributed by atoms with Crippen molar-refractivity contribution in [2.75, 3.05) is 33.7 Å². The van der Waals surface area contributed by atoms with Gasteiger partial charge in [-0.25, -0.2) is 0 Å². The number of amides is 2. The molecule has 0 aromatic heterocycles. The Labute approximate surface area is 144 Å². The van der Waals surface area contributed by atoms with E-state index in [1.165, 1.54) is 12.8 Å². The zero-order valence-electron chi connectivity index (χ0n) is 14.6. The van der Waals surface area contributed by atoms with Gasteiger partial charge in [0.15, 0.2) is 0 Å². The summed E-state index contributed by atoms with van der Waals surface area (Å²) in [6.07, 6.45) is 3.52. The Balaban J connectivity index is 1.74. The van der Waals surface area contributed by atoms with Crippen molar-refractivity contribution < 1.29 is 9.59 Å². The highest BCUT2D eigenvalue weighted by Gasteiger charge is 2.44. The SMILES string of the molecule is CN(CCN(C)C1CC1)C(=O)C1(c2ccccc2)CCC(=O)NC1. The molecule has 1 aliphatic carbocycles. The number of nitrogens with zero attached hydrogens (tertiary/aromatic N) is 2. The molecule has 130 valence electrons. The van der Waals surface area contributed by atoms with Crippen molar-refractivity contribution in [1.82, 2.24) is 15.1 Å². The third-order valence-electron chi connectivity index (χ3n) is 5.41. The lowest BCUT2D eigenvalue weighted by molar-refractivity contribution is -0.138. The second-order valence-corrected chi connectivity index (χ2v) is 7.16. The number of carbonyl (C=O) groups excluding carboxylic acids is 2.